The summed E-state index contributed by atoms with van der Waals surface area (Å²) in [6, 6.07) is -0.377. The first-order valence-corrected chi connectivity index (χ1v) is 5.27. The zero-order valence-corrected chi connectivity index (χ0v) is 9.35. The van der Waals surface area contributed by atoms with Crippen LogP contribution in [0.15, 0.2) is 0 Å². The third kappa shape index (κ3) is 3.53. The molecule has 0 unspecified atom stereocenters. The summed E-state index contributed by atoms with van der Waals surface area (Å²) in [5.41, 5.74) is 11.2. The number of hydrogen-bond donors (Lipinski definition) is 4. The number of aliphatic hydroxyl groups is 2. The van der Waals surface area contributed by atoms with Crippen LogP contribution in [-0.2, 0) is 0 Å². The van der Waals surface area contributed by atoms with Gasteiger partial charge in [0, 0.05) is 12.0 Å². The Labute approximate surface area is 86.3 Å². The van der Waals surface area contributed by atoms with Crippen LogP contribution in [0, 0.1) is 11.8 Å². The van der Waals surface area contributed by atoms with Crippen molar-refractivity contribution < 1.29 is 10.2 Å². The molecule has 0 heterocycles. The van der Waals surface area contributed by atoms with Crippen molar-refractivity contribution in [3.8, 4) is 0 Å². The van der Waals surface area contributed by atoms with E-state index < -0.39 is 12.2 Å². The highest BCUT2D eigenvalue weighted by atomic mass is 16.3. The second-order valence-electron chi connectivity index (χ2n) is 4.20. The molecule has 0 aliphatic carbocycles. The number of aliphatic hydroxyl groups excluding tert-OH is 2. The Morgan fingerprint density at radius 1 is 1.14 bits per heavy atom. The average molecular weight is 204 g/mol. The first-order valence-electron chi connectivity index (χ1n) is 5.27. The van der Waals surface area contributed by atoms with Gasteiger partial charge in [-0.05, 0) is 18.9 Å². The van der Waals surface area contributed by atoms with Crippen molar-refractivity contribution in [2.75, 3.05) is 6.54 Å². The minimum absolute atomic E-state index is 0.0948. The van der Waals surface area contributed by atoms with E-state index in [4.69, 9.17) is 11.5 Å². The maximum Gasteiger partial charge on any atom is 0.0952 e. The maximum atomic E-state index is 9.84. The number of hydrogen-bond acceptors (Lipinski definition) is 4. The molecule has 4 heteroatoms. The third-order valence-electron chi connectivity index (χ3n) is 2.83. The van der Waals surface area contributed by atoms with Gasteiger partial charge in [-0.1, -0.05) is 20.8 Å². The van der Waals surface area contributed by atoms with Crippen molar-refractivity contribution in [1.29, 1.82) is 0 Å². The lowest BCUT2D eigenvalue weighted by Crippen LogP contribution is -2.48. The van der Waals surface area contributed by atoms with Crippen LogP contribution in [-0.4, -0.2) is 35.0 Å². The van der Waals surface area contributed by atoms with Gasteiger partial charge in [-0.3, -0.25) is 0 Å². The molecule has 0 amide bonds. The van der Waals surface area contributed by atoms with E-state index in [1.54, 1.807) is 0 Å². The quantitative estimate of drug-likeness (QED) is 0.477. The van der Waals surface area contributed by atoms with Gasteiger partial charge < -0.3 is 21.7 Å². The van der Waals surface area contributed by atoms with E-state index in [0.29, 0.717) is 13.0 Å². The van der Waals surface area contributed by atoms with Crippen LogP contribution in [0.1, 0.15) is 27.2 Å². The molecule has 0 rings (SSSR count). The van der Waals surface area contributed by atoms with E-state index in [1.807, 2.05) is 20.8 Å². The van der Waals surface area contributed by atoms with Gasteiger partial charge in [-0.2, -0.15) is 0 Å². The standard InChI is InChI=1S/C10H24N2O2/c1-4-8(12)10(14)9(13)7(5-11)6(2)3/h6-10,13-14H,4-5,11-12H2,1-3H3/t7-,8+,9-,10-/m1/s1. The van der Waals surface area contributed by atoms with Gasteiger partial charge in [0.25, 0.3) is 0 Å². The topological polar surface area (TPSA) is 92.5 Å². The van der Waals surface area contributed by atoms with Gasteiger partial charge in [0.05, 0.1) is 12.2 Å². The summed E-state index contributed by atoms with van der Waals surface area (Å²) >= 11 is 0. The zero-order valence-electron chi connectivity index (χ0n) is 9.35. The van der Waals surface area contributed by atoms with Crippen molar-refractivity contribution in [2.24, 2.45) is 23.3 Å². The number of rotatable bonds is 6. The van der Waals surface area contributed by atoms with Gasteiger partial charge in [-0.15, -0.1) is 0 Å². The molecule has 4 atom stereocenters. The molecule has 0 saturated carbocycles. The Morgan fingerprint density at radius 3 is 1.93 bits per heavy atom. The summed E-state index contributed by atoms with van der Waals surface area (Å²) in [5, 5.41) is 19.5. The molecule has 6 N–H and O–H groups in total. The van der Waals surface area contributed by atoms with Crippen molar-refractivity contribution in [1.82, 2.24) is 0 Å². The Balaban J connectivity index is 4.33. The molecular formula is C10H24N2O2. The highest BCUT2D eigenvalue weighted by Gasteiger charge is 2.30. The van der Waals surface area contributed by atoms with Gasteiger partial charge in [0.1, 0.15) is 0 Å². The van der Waals surface area contributed by atoms with Gasteiger partial charge >= 0.3 is 0 Å². The first-order chi connectivity index (χ1) is 6.45. The first kappa shape index (κ1) is 13.8. The molecule has 0 aliphatic rings. The predicted molar refractivity (Wildman–Crippen MR) is 57.7 cm³/mol. The molecule has 0 aliphatic heterocycles. The Hall–Kier alpha value is -0.160. The second kappa shape index (κ2) is 6.35. The lowest BCUT2D eigenvalue weighted by Gasteiger charge is -2.31. The van der Waals surface area contributed by atoms with E-state index in [9.17, 15) is 10.2 Å². The molecule has 0 aromatic rings. The van der Waals surface area contributed by atoms with Crippen LogP contribution in [0.4, 0.5) is 0 Å². The molecule has 4 nitrogen and oxygen atoms in total. The minimum atomic E-state index is -0.879. The molecule has 0 bridgehead atoms. The Morgan fingerprint density at radius 2 is 1.64 bits per heavy atom. The van der Waals surface area contributed by atoms with Crippen LogP contribution in [0.25, 0.3) is 0 Å². The van der Waals surface area contributed by atoms with Gasteiger partial charge in [0.15, 0.2) is 0 Å². The number of nitrogens with two attached hydrogens (primary N) is 2. The molecule has 0 radical (unpaired) electrons. The molecule has 14 heavy (non-hydrogen) atoms. The van der Waals surface area contributed by atoms with E-state index >= 15 is 0 Å². The summed E-state index contributed by atoms with van der Waals surface area (Å²) in [5.74, 6) is 0.149. The molecule has 86 valence electrons. The Kier molecular flexibility index (Phi) is 6.27. The summed E-state index contributed by atoms with van der Waals surface area (Å²) < 4.78 is 0. The van der Waals surface area contributed by atoms with Crippen LogP contribution in [0.2, 0.25) is 0 Å². The lowest BCUT2D eigenvalue weighted by molar-refractivity contribution is -0.0392. The SMILES string of the molecule is CC[C@H](N)[C@@H](O)[C@H](O)[C@H](CN)C(C)C. The van der Waals surface area contributed by atoms with Gasteiger partial charge in [-0.25, -0.2) is 0 Å². The summed E-state index contributed by atoms with van der Waals surface area (Å²) in [6.07, 6.45) is -1.06. The molecule has 0 fully saturated rings. The summed E-state index contributed by atoms with van der Waals surface area (Å²) in [6.45, 7) is 6.20. The van der Waals surface area contributed by atoms with E-state index in [-0.39, 0.29) is 17.9 Å². The van der Waals surface area contributed by atoms with Crippen LogP contribution in [0.3, 0.4) is 0 Å². The summed E-state index contributed by atoms with van der Waals surface area (Å²) in [7, 11) is 0. The van der Waals surface area contributed by atoms with Crippen molar-refractivity contribution in [2.45, 2.75) is 45.4 Å². The van der Waals surface area contributed by atoms with Crippen molar-refractivity contribution >= 4 is 0 Å². The third-order valence-corrected chi connectivity index (χ3v) is 2.83. The van der Waals surface area contributed by atoms with Gasteiger partial charge in [0.2, 0.25) is 0 Å². The molecule has 0 saturated heterocycles. The lowest BCUT2D eigenvalue weighted by atomic mass is 9.85. The van der Waals surface area contributed by atoms with Crippen molar-refractivity contribution in [3.05, 3.63) is 0 Å². The fraction of sp³-hybridized carbons (Fsp3) is 1.00. The fourth-order valence-electron chi connectivity index (χ4n) is 1.55. The predicted octanol–water partition coefficient (Wildman–Crippen LogP) is -0.324. The van der Waals surface area contributed by atoms with E-state index in [1.165, 1.54) is 0 Å². The summed E-state index contributed by atoms with van der Waals surface area (Å²) in [4.78, 5) is 0. The van der Waals surface area contributed by atoms with Crippen molar-refractivity contribution in [3.63, 3.8) is 0 Å². The molecule has 0 aromatic carbocycles. The zero-order chi connectivity index (χ0) is 11.3. The molecule has 0 spiro atoms. The highest BCUT2D eigenvalue weighted by Crippen LogP contribution is 2.18. The van der Waals surface area contributed by atoms with Crippen LogP contribution >= 0.6 is 0 Å². The fourth-order valence-corrected chi connectivity index (χ4v) is 1.55. The largest absolute Gasteiger partial charge is 0.390 e. The van der Waals surface area contributed by atoms with E-state index in [0.717, 1.165) is 0 Å². The monoisotopic (exact) mass is 204 g/mol. The van der Waals surface area contributed by atoms with E-state index in [2.05, 4.69) is 0 Å². The second-order valence-corrected chi connectivity index (χ2v) is 4.20. The highest BCUT2D eigenvalue weighted by molar-refractivity contribution is 4.84. The normalized spacial score (nSPS) is 20.6. The molecular weight excluding hydrogens is 180 g/mol. The van der Waals surface area contributed by atoms with Crippen LogP contribution in [0.5, 0.6) is 0 Å². The average Bonchev–Trinajstić information content (AvgIpc) is 2.15. The molecule has 0 aromatic heterocycles. The Bertz CT molecular complexity index is 153. The smallest absolute Gasteiger partial charge is 0.0952 e. The van der Waals surface area contributed by atoms with Crippen LogP contribution < -0.4 is 11.5 Å². The maximum absolute atomic E-state index is 9.84. The minimum Gasteiger partial charge on any atom is -0.390 e.